The Bertz CT molecular complexity index is 674. The minimum atomic E-state index is -0.274. The molecule has 0 aliphatic rings. The molecule has 0 unspecified atom stereocenters. The van der Waals surface area contributed by atoms with Gasteiger partial charge >= 0.3 is 0 Å². The van der Waals surface area contributed by atoms with Crippen LogP contribution in [0, 0.1) is 12.7 Å². The Hall–Kier alpha value is -2.40. The van der Waals surface area contributed by atoms with Crippen LogP contribution in [0.5, 0.6) is 5.75 Å². The predicted molar refractivity (Wildman–Crippen MR) is 97.0 cm³/mol. The number of nitrogens with one attached hydrogen (secondary N) is 1. The lowest BCUT2D eigenvalue weighted by Gasteiger charge is -2.16. The van der Waals surface area contributed by atoms with Gasteiger partial charge in [0.15, 0.2) is 0 Å². The first-order valence-corrected chi connectivity index (χ1v) is 8.42. The molecule has 2 aromatic carbocycles. The number of ether oxygens (including phenoxy) is 1. The van der Waals surface area contributed by atoms with E-state index in [1.807, 2.05) is 43.1 Å². The molecule has 0 saturated heterocycles. The van der Waals surface area contributed by atoms with E-state index in [4.69, 9.17) is 4.74 Å². The molecule has 0 aromatic heterocycles. The molecule has 1 amide bonds. The van der Waals surface area contributed by atoms with Gasteiger partial charge in [-0.15, -0.1) is 0 Å². The molecular weight excluding hydrogens is 319 g/mol. The Morgan fingerprint density at radius 2 is 1.88 bits per heavy atom. The van der Waals surface area contributed by atoms with Crippen LogP contribution in [0.3, 0.4) is 0 Å². The third-order valence-corrected chi connectivity index (χ3v) is 3.92. The first kappa shape index (κ1) is 18.9. The maximum Gasteiger partial charge on any atom is 0.234 e. The third kappa shape index (κ3) is 6.93. The topological polar surface area (TPSA) is 41.6 Å². The van der Waals surface area contributed by atoms with Crippen molar-refractivity contribution in [1.82, 2.24) is 10.2 Å². The van der Waals surface area contributed by atoms with E-state index in [0.717, 1.165) is 18.5 Å². The minimum absolute atomic E-state index is 0.00482. The zero-order valence-electron chi connectivity index (χ0n) is 14.8. The lowest BCUT2D eigenvalue weighted by Crippen LogP contribution is -2.35. The van der Waals surface area contributed by atoms with Crippen molar-refractivity contribution in [2.24, 2.45) is 0 Å². The van der Waals surface area contributed by atoms with Gasteiger partial charge in [-0.3, -0.25) is 9.69 Å². The van der Waals surface area contributed by atoms with Gasteiger partial charge in [-0.05, 0) is 55.8 Å². The monoisotopic (exact) mass is 344 g/mol. The molecule has 0 aliphatic carbocycles. The van der Waals surface area contributed by atoms with Crippen LogP contribution in [0.25, 0.3) is 0 Å². The van der Waals surface area contributed by atoms with E-state index in [0.29, 0.717) is 25.4 Å². The van der Waals surface area contributed by atoms with Gasteiger partial charge in [0.25, 0.3) is 0 Å². The number of hydrogen-bond acceptors (Lipinski definition) is 3. The van der Waals surface area contributed by atoms with Gasteiger partial charge in [0.05, 0.1) is 13.2 Å². The Morgan fingerprint density at radius 3 is 2.60 bits per heavy atom. The Kier molecular flexibility index (Phi) is 7.41. The molecule has 2 aromatic rings. The number of carbonyl (C=O) groups is 1. The molecule has 0 heterocycles. The van der Waals surface area contributed by atoms with Crippen LogP contribution in [-0.2, 0) is 11.3 Å². The highest BCUT2D eigenvalue weighted by atomic mass is 19.1. The van der Waals surface area contributed by atoms with Crippen LogP contribution < -0.4 is 10.1 Å². The number of nitrogens with zero attached hydrogens (tertiary/aromatic N) is 1. The molecular formula is C20H25FN2O2. The fourth-order valence-corrected chi connectivity index (χ4v) is 2.44. The molecule has 134 valence electrons. The number of benzene rings is 2. The van der Waals surface area contributed by atoms with Crippen LogP contribution in [0.15, 0.2) is 48.5 Å². The normalized spacial score (nSPS) is 10.7. The lowest BCUT2D eigenvalue weighted by molar-refractivity contribution is -0.122. The van der Waals surface area contributed by atoms with Crippen molar-refractivity contribution in [2.45, 2.75) is 19.9 Å². The number of halogens is 1. The summed E-state index contributed by atoms with van der Waals surface area (Å²) in [5, 5.41) is 2.94. The smallest absolute Gasteiger partial charge is 0.234 e. The number of carbonyl (C=O) groups excluding carboxylic acids is 1. The predicted octanol–water partition coefficient (Wildman–Crippen LogP) is 3.15. The van der Waals surface area contributed by atoms with E-state index in [9.17, 15) is 9.18 Å². The van der Waals surface area contributed by atoms with Gasteiger partial charge in [-0.2, -0.15) is 0 Å². The lowest BCUT2D eigenvalue weighted by atomic mass is 10.1. The SMILES string of the molecule is Cc1ccccc1CNC(=O)CN(C)CCCOc1ccc(F)cc1. The van der Waals surface area contributed by atoms with Gasteiger partial charge in [0.2, 0.25) is 5.91 Å². The summed E-state index contributed by atoms with van der Waals surface area (Å²) >= 11 is 0. The summed E-state index contributed by atoms with van der Waals surface area (Å²) < 4.78 is 18.3. The van der Waals surface area contributed by atoms with Crippen LogP contribution >= 0.6 is 0 Å². The fourth-order valence-electron chi connectivity index (χ4n) is 2.44. The molecule has 0 spiro atoms. The van der Waals surface area contributed by atoms with Crippen molar-refractivity contribution < 1.29 is 13.9 Å². The molecule has 5 heteroatoms. The zero-order valence-corrected chi connectivity index (χ0v) is 14.8. The summed E-state index contributed by atoms with van der Waals surface area (Å²) in [5.41, 5.74) is 2.31. The highest BCUT2D eigenvalue weighted by Crippen LogP contribution is 2.11. The molecule has 4 nitrogen and oxygen atoms in total. The van der Waals surface area contributed by atoms with E-state index < -0.39 is 0 Å². The summed E-state index contributed by atoms with van der Waals surface area (Å²) in [6.45, 7) is 4.21. The molecule has 25 heavy (non-hydrogen) atoms. The zero-order chi connectivity index (χ0) is 18.1. The van der Waals surface area contributed by atoms with Crippen LogP contribution in [0.2, 0.25) is 0 Å². The first-order valence-electron chi connectivity index (χ1n) is 8.42. The van der Waals surface area contributed by atoms with Crippen molar-refractivity contribution in [3.63, 3.8) is 0 Å². The van der Waals surface area contributed by atoms with E-state index in [1.165, 1.54) is 17.7 Å². The highest BCUT2D eigenvalue weighted by Gasteiger charge is 2.07. The van der Waals surface area contributed by atoms with E-state index in [2.05, 4.69) is 5.32 Å². The largest absolute Gasteiger partial charge is 0.494 e. The van der Waals surface area contributed by atoms with E-state index in [-0.39, 0.29) is 11.7 Å². The molecule has 0 saturated carbocycles. The van der Waals surface area contributed by atoms with Gasteiger partial charge in [-0.1, -0.05) is 24.3 Å². The summed E-state index contributed by atoms with van der Waals surface area (Å²) in [6, 6.07) is 14.0. The number of hydrogen-bond donors (Lipinski definition) is 1. The molecule has 0 atom stereocenters. The maximum atomic E-state index is 12.8. The van der Waals surface area contributed by atoms with Gasteiger partial charge < -0.3 is 10.1 Å². The molecule has 0 radical (unpaired) electrons. The summed E-state index contributed by atoms with van der Waals surface area (Å²) in [6.07, 6.45) is 0.791. The summed E-state index contributed by atoms with van der Waals surface area (Å²) in [5.74, 6) is 0.383. The number of aryl methyl sites for hydroxylation is 1. The number of rotatable bonds is 9. The fraction of sp³-hybridized carbons (Fsp3) is 0.350. The van der Waals surface area contributed by atoms with E-state index >= 15 is 0 Å². The standard InChI is InChI=1S/C20H25FN2O2/c1-16-6-3-4-7-17(16)14-22-20(24)15-23(2)12-5-13-25-19-10-8-18(21)9-11-19/h3-4,6-11H,5,12-15H2,1-2H3,(H,22,24). The number of amides is 1. The third-order valence-electron chi connectivity index (χ3n) is 3.92. The maximum absolute atomic E-state index is 12.8. The first-order chi connectivity index (χ1) is 12.0. The van der Waals surface area contributed by atoms with Crippen molar-refractivity contribution >= 4 is 5.91 Å². The van der Waals surface area contributed by atoms with Crippen LogP contribution in [-0.4, -0.2) is 37.6 Å². The second-order valence-corrected chi connectivity index (χ2v) is 6.10. The quantitative estimate of drug-likeness (QED) is 0.711. The second-order valence-electron chi connectivity index (χ2n) is 6.10. The van der Waals surface area contributed by atoms with Crippen molar-refractivity contribution in [3.8, 4) is 5.75 Å². The van der Waals surface area contributed by atoms with Crippen molar-refractivity contribution in [2.75, 3.05) is 26.7 Å². The van der Waals surface area contributed by atoms with E-state index in [1.54, 1.807) is 12.1 Å². The molecule has 0 bridgehead atoms. The molecule has 2 rings (SSSR count). The second kappa shape index (κ2) is 9.79. The Labute approximate surface area is 148 Å². The summed E-state index contributed by atoms with van der Waals surface area (Å²) in [7, 11) is 1.91. The Morgan fingerprint density at radius 1 is 1.16 bits per heavy atom. The molecule has 0 aliphatic heterocycles. The van der Waals surface area contributed by atoms with Crippen molar-refractivity contribution in [3.05, 3.63) is 65.5 Å². The summed E-state index contributed by atoms with van der Waals surface area (Å²) in [4.78, 5) is 14.0. The highest BCUT2D eigenvalue weighted by molar-refractivity contribution is 5.78. The minimum Gasteiger partial charge on any atom is -0.494 e. The van der Waals surface area contributed by atoms with Gasteiger partial charge in [0.1, 0.15) is 11.6 Å². The number of likely N-dealkylation sites (N-methyl/N-ethyl adjacent to an activating group) is 1. The van der Waals surface area contributed by atoms with Crippen molar-refractivity contribution in [1.29, 1.82) is 0 Å². The van der Waals surface area contributed by atoms with Gasteiger partial charge in [0, 0.05) is 13.1 Å². The van der Waals surface area contributed by atoms with Gasteiger partial charge in [-0.25, -0.2) is 4.39 Å². The average Bonchev–Trinajstić information content (AvgIpc) is 2.59. The van der Waals surface area contributed by atoms with Crippen LogP contribution in [0.4, 0.5) is 4.39 Å². The van der Waals surface area contributed by atoms with Crippen LogP contribution in [0.1, 0.15) is 17.5 Å². The Balaban J connectivity index is 1.61. The molecule has 1 N–H and O–H groups in total. The molecule has 0 fully saturated rings. The average molecular weight is 344 g/mol.